The highest BCUT2D eigenvalue weighted by molar-refractivity contribution is 6.00. The molecular formula is C24H19F5N4O4. The van der Waals surface area contributed by atoms with Gasteiger partial charge >= 0.3 is 12.2 Å². The number of rotatable bonds is 7. The second kappa shape index (κ2) is 10.1. The van der Waals surface area contributed by atoms with Crippen molar-refractivity contribution < 1.29 is 41.1 Å². The van der Waals surface area contributed by atoms with Crippen LogP contribution >= 0.6 is 0 Å². The van der Waals surface area contributed by atoms with E-state index < -0.39 is 64.8 Å². The minimum absolute atomic E-state index is 0.0141. The molecule has 0 aliphatic heterocycles. The average molecular weight is 522 g/mol. The van der Waals surface area contributed by atoms with Crippen LogP contribution in [0.3, 0.4) is 0 Å². The number of hydrogen-bond acceptors (Lipinski definition) is 4. The molecule has 0 fully saturated rings. The summed E-state index contributed by atoms with van der Waals surface area (Å²) >= 11 is 0. The SMILES string of the molecule is Cc1cc(F)ccc1Oc1c(C(N)=O)cc(C(F)(F)F)cc1-c1ccc(F)c(N(CC(N)=O)C(N)=O)c1. The highest BCUT2D eigenvalue weighted by Crippen LogP contribution is 2.43. The smallest absolute Gasteiger partial charge is 0.416 e. The topological polar surface area (TPSA) is 142 Å². The zero-order chi connectivity index (χ0) is 27.7. The molecule has 194 valence electrons. The van der Waals surface area contributed by atoms with Crippen molar-refractivity contribution in [2.24, 2.45) is 17.2 Å². The van der Waals surface area contributed by atoms with Gasteiger partial charge in [-0.15, -0.1) is 0 Å². The summed E-state index contributed by atoms with van der Waals surface area (Å²) in [6, 6.07) is 5.92. The molecule has 13 heteroatoms. The molecule has 0 aliphatic rings. The number of carbonyl (C=O) groups is 3. The van der Waals surface area contributed by atoms with Crippen LogP contribution in [0, 0.1) is 18.6 Å². The highest BCUT2D eigenvalue weighted by atomic mass is 19.4. The molecule has 6 N–H and O–H groups in total. The second-order valence-electron chi connectivity index (χ2n) is 7.83. The molecule has 0 atom stereocenters. The average Bonchev–Trinajstić information content (AvgIpc) is 2.78. The summed E-state index contributed by atoms with van der Waals surface area (Å²) in [6.07, 6.45) is -4.93. The van der Waals surface area contributed by atoms with Crippen LogP contribution in [0.1, 0.15) is 21.5 Å². The Hall–Kier alpha value is -4.68. The minimum Gasteiger partial charge on any atom is -0.456 e. The van der Waals surface area contributed by atoms with Gasteiger partial charge in [0.25, 0.3) is 5.91 Å². The fraction of sp³-hybridized carbons (Fsp3) is 0.125. The Kier molecular flexibility index (Phi) is 7.37. The van der Waals surface area contributed by atoms with Crippen molar-refractivity contribution in [3.05, 3.63) is 76.9 Å². The van der Waals surface area contributed by atoms with E-state index in [0.29, 0.717) is 17.0 Å². The van der Waals surface area contributed by atoms with Gasteiger partial charge in [0, 0.05) is 5.56 Å². The summed E-state index contributed by atoms with van der Waals surface area (Å²) in [7, 11) is 0. The predicted molar refractivity (Wildman–Crippen MR) is 123 cm³/mol. The summed E-state index contributed by atoms with van der Waals surface area (Å²) in [5, 5.41) is 0. The third kappa shape index (κ3) is 5.94. The van der Waals surface area contributed by atoms with Gasteiger partial charge in [0.2, 0.25) is 5.91 Å². The number of hydrogen-bond donors (Lipinski definition) is 3. The van der Waals surface area contributed by atoms with Gasteiger partial charge in [0.1, 0.15) is 29.7 Å². The molecule has 37 heavy (non-hydrogen) atoms. The van der Waals surface area contributed by atoms with E-state index in [1.807, 2.05) is 0 Å². The molecular weight excluding hydrogens is 503 g/mol. The van der Waals surface area contributed by atoms with E-state index in [1.54, 1.807) is 0 Å². The summed E-state index contributed by atoms with van der Waals surface area (Å²) in [5.74, 6) is -4.46. The molecule has 0 radical (unpaired) electrons. The van der Waals surface area contributed by atoms with Crippen LogP contribution in [0.15, 0.2) is 48.5 Å². The predicted octanol–water partition coefficient (Wildman–Crippen LogP) is 4.22. The first-order chi connectivity index (χ1) is 17.2. The van der Waals surface area contributed by atoms with Crippen LogP contribution in [0.25, 0.3) is 11.1 Å². The van der Waals surface area contributed by atoms with Crippen molar-refractivity contribution in [1.29, 1.82) is 0 Å². The molecule has 3 aromatic rings. The van der Waals surface area contributed by atoms with Crippen LogP contribution < -0.4 is 26.8 Å². The van der Waals surface area contributed by atoms with Crippen molar-refractivity contribution >= 4 is 23.5 Å². The fourth-order valence-electron chi connectivity index (χ4n) is 3.46. The number of benzene rings is 3. The second-order valence-corrected chi connectivity index (χ2v) is 7.83. The molecule has 0 saturated heterocycles. The Balaban J connectivity index is 2.34. The number of primary amides is 3. The van der Waals surface area contributed by atoms with Gasteiger partial charge in [-0.25, -0.2) is 13.6 Å². The normalized spacial score (nSPS) is 11.2. The van der Waals surface area contributed by atoms with Gasteiger partial charge in [0.15, 0.2) is 0 Å². The largest absolute Gasteiger partial charge is 0.456 e. The Morgan fingerprint density at radius 2 is 1.62 bits per heavy atom. The quantitative estimate of drug-likeness (QED) is 0.400. The molecule has 0 aliphatic carbocycles. The Labute approximate surface area is 206 Å². The maximum Gasteiger partial charge on any atom is 0.416 e. The van der Waals surface area contributed by atoms with Crippen molar-refractivity contribution in [3.63, 3.8) is 0 Å². The van der Waals surface area contributed by atoms with E-state index in [9.17, 15) is 36.3 Å². The number of aryl methyl sites for hydroxylation is 1. The molecule has 0 unspecified atom stereocenters. The number of nitrogens with zero attached hydrogens (tertiary/aromatic N) is 1. The molecule has 4 amide bonds. The number of alkyl halides is 3. The third-order valence-corrected chi connectivity index (χ3v) is 5.16. The molecule has 0 aromatic heterocycles. The summed E-state index contributed by atoms with van der Waals surface area (Å²) in [5.41, 5.74) is 12.8. The van der Waals surface area contributed by atoms with E-state index in [1.165, 1.54) is 13.0 Å². The molecule has 3 rings (SSSR count). The zero-order valence-corrected chi connectivity index (χ0v) is 19.0. The fourth-order valence-corrected chi connectivity index (χ4v) is 3.46. The monoisotopic (exact) mass is 522 g/mol. The summed E-state index contributed by atoms with van der Waals surface area (Å²) < 4.78 is 75.1. The van der Waals surface area contributed by atoms with E-state index in [4.69, 9.17) is 21.9 Å². The third-order valence-electron chi connectivity index (χ3n) is 5.16. The molecule has 8 nitrogen and oxygen atoms in total. The molecule has 3 aromatic carbocycles. The van der Waals surface area contributed by atoms with Crippen LogP contribution in [0.5, 0.6) is 11.5 Å². The lowest BCUT2D eigenvalue weighted by atomic mass is 9.96. The molecule has 0 heterocycles. The Bertz CT molecular complexity index is 1410. The van der Waals surface area contributed by atoms with Crippen LogP contribution in [-0.2, 0) is 11.0 Å². The summed E-state index contributed by atoms with van der Waals surface area (Å²) in [4.78, 5) is 35.9. The van der Waals surface area contributed by atoms with Gasteiger partial charge < -0.3 is 21.9 Å². The maximum absolute atomic E-state index is 14.6. The van der Waals surface area contributed by atoms with Crippen molar-refractivity contribution in [3.8, 4) is 22.6 Å². The van der Waals surface area contributed by atoms with Crippen molar-refractivity contribution in [2.75, 3.05) is 11.4 Å². The number of urea groups is 1. The lowest BCUT2D eigenvalue weighted by Crippen LogP contribution is -2.42. The number of nitrogens with two attached hydrogens (primary N) is 3. The van der Waals surface area contributed by atoms with E-state index in [2.05, 4.69) is 0 Å². The molecule has 0 bridgehead atoms. The number of amides is 4. The van der Waals surface area contributed by atoms with E-state index in [0.717, 1.165) is 30.3 Å². The Morgan fingerprint density at radius 3 is 2.16 bits per heavy atom. The number of anilines is 1. The van der Waals surface area contributed by atoms with Gasteiger partial charge in [-0.3, -0.25) is 14.5 Å². The number of carbonyl (C=O) groups excluding carboxylic acids is 3. The van der Waals surface area contributed by atoms with Crippen LogP contribution in [0.4, 0.5) is 32.4 Å². The van der Waals surface area contributed by atoms with Crippen LogP contribution in [-0.4, -0.2) is 24.4 Å². The van der Waals surface area contributed by atoms with E-state index >= 15 is 0 Å². The molecule has 0 spiro atoms. The van der Waals surface area contributed by atoms with Gasteiger partial charge in [-0.05, 0) is 60.5 Å². The number of ether oxygens (including phenoxy) is 1. The lowest BCUT2D eigenvalue weighted by Gasteiger charge is -2.22. The van der Waals surface area contributed by atoms with Crippen LogP contribution in [0.2, 0.25) is 0 Å². The van der Waals surface area contributed by atoms with Crippen molar-refractivity contribution in [1.82, 2.24) is 0 Å². The Morgan fingerprint density at radius 1 is 0.946 bits per heavy atom. The standard InChI is InChI=1S/C24H19F5N4O4/c1-11-6-14(25)3-5-19(11)37-21-15(8-13(24(27,28)29)9-16(21)22(31)35)12-2-4-17(26)18(7-12)33(23(32)36)10-20(30)34/h2-9H,10H2,1H3,(H2,30,34)(H2,31,35)(H2,32,36). The number of halogens is 5. The minimum atomic E-state index is -4.93. The first-order valence-electron chi connectivity index (χ1n) is 10.3. The summed E-state index contributed by atoms with van der Waals surface area (Å²) in [6.45, 7) is 0.625. The zero-order valence-electron chi connectivity index (χ0n) is 19.0. The van der Waals surface area contributed by atoms with Gasteiger partial charge in [-0.1, -0.05) is 6.07 Å². The van der Waals surface area contributed by atoms with Crippen molar-refractivity contribution in [2.45, 2.75) is 13.1 Å². The lowest BCUT2D eigenvalue weighted by molar-refractivity contribution is -0.137. The first kappa shape index (κ1) is 26.9. The van der Waals surface area contributed by atoms with Gasteiger partial charge in [-0.2, -0.15) is 13.2 Å². The molecule has 0 saturated carbocycles. The highest BCUT2D eigenvalue weighted by Gasteiger charge is 2.34. The maximum atomic E-state index is 14.6. The van der Waals surface area contributed by atoms with Gasteiger partial charge in [0.05, 0.1) is 16.8 Å². The van der Waals surface area contributed by atoms with E-state index in [-0.39, 0.29) is 22.4 Å². The first-order valence-corrected chi connectivity index (χ1v) is 10.3.